The summed E-state index contributed by atoms with van der Waals surface area (Å²) in [6, 6.07) is 2.02. The van der Waals surface area contributed by atoms with E-state index in [1.165, 1.54) is 0 Å². The van der Waals surface area contributed by atoms with Crippen LogP contribution < -0.4 is 10.1 Å². The van der Waals surface area contributed by atoms with Gasteiger partial charge in [-0.15, -0.1) is 13.2 Å². The standard InChI is InChI=1S/C10H10F3IN2O5/c11-10(12,13)21-8-2-5(14)1-7(16(19)20)9(8)15-3-6(18)4-17/h1-2,6,15,17-18H,3-4H2. The van der Waals surface area contributed by atoms with Gasteiger partial charge in [-0.25, -0.2) is 0 Å². The number of aliphatic hydroxyl groups is 2. The lowest BCUT2D eigenvalue weighted by molar-refractivity contribution is -0.384. The van der Waals surface area contributed by atoms with Crippen LogP contribution in [0, 0.1) is 13.7 Å². The molecule has 1 unspecified atom stereocenters. The van der Waals surface area contributed by atoms with E-state index in [9.17, 15) is 28.4 Å². The summed E-state index contributed by atoms with van der Waals surface area (Å²) in [5.41, 5.74) is -1.16. The molecular weight excluding hydrogens is 412 g/mol. The van der Waals surface area contributed by atoms with Gasteiger partial charge in [0.1, 0.15) is 0 Å². The second kappa shape index (κ2) is 7.09. The molecule has 118 valence electrons. The summed E-state index contributed by atoms with van der Waals surface area (Å²) >= 11 is 1.61. The molecule has 0 fully saturated rings. The number of ether oxygens (including phenoxy) is 1. The zero-order valence-electron chi connectivity index (χ0n) is 10.2. The van der Waals surface area contributed by atoms with Gasteiger partial charge in [0.15, 0.2) is 11.4 Å². The number of halogens is 4. The number of nitro groups is 1. The van der Waals surface area contributed by atoms with Crippen LogP contribution in [0.25, 0.3) is 0 Å². The van der Waals surface area contributed by atoms with Crippen LogP contribution in [0.15, 0.2) is 12.1 Å². The topological polar surface area (TPSA) is 105 Å². The van der Waals surface area contributed by atoms with Gasteiger partial charge in [0, 0.05) is 16.2 Å². The first-order chi connectivity index (χ1) is 9.64. The lowest BCUT2D eigenvalue weighted by Gasteiger charge is -2.16. The van der Waals surface area contributed by atoms with Crippen LogP contribution in [0.5, 0.6) is 5.75 Å². The molecule has 0 saturated carbocycles. The second-order valence-corrected chi connectivity index (χ2v) is 5.07. The monoisotopic (exact) mass is 422 g/mol. The van der Waals surface area contributed by atoms with E-state index >= 15 is 0 Å². The van der Waals surface area contributed by atoms with Crippen LogP contribution in [0.3, 0.4) is 0 Å². The zero-order chi connectivity index (χ0) is 16.2. The summed E-state index contributed by atoms with van der Waals surface area (Å²) in [5.74, 6) is -0.786. The molecule has 0 aliphatic heterocycles. The van der Waals surface area contributed by atoms with E-state index in [0.717, 1.165) is 12.1 Å². The van der Waals surface area contributed by atoms with Crippen molar-refractivity contribution in [2.45, 2.75) is 12.5 Å². The van der Waals surface area contributed by atoms with Crippen LogP contribution in [-0.2, 0) is 0 Å². The molecule has 0 heterocycles. The summed E-state index contributed by atoms with van der Waals surface area (Å²) in [6.45, 7) is -1.03. The Morgan fingerprint density at radius 1 is 1.48 bits per heavy atom. The predicted octanol–water partition coefficient (Wildman–Crippen LogP) is 1.86. The van der Waals surface area contributed by atoms with Crippen LogP contribution in [0.1, 0.15) is 0 Å². The number of nitro benzene ring substituents is 1. The molecule has 1 rings (SSSR count). The van der Waals surface area contributed by atoms with E-state index in [-0.39, 0.29) is 10.1 Å². The van der Waals surface area contributed by atoms with Crippen LogP contribution >= 0.6 is 22.6 Å². The molecule has 0 bridgehead atoms. The van der Waals surface area contributed by atoms with Crippen molar-refractivity contribution in [1.29, 1.82) is 0 Å². The van der Waals surface area contributed by atoms with E-state index in [0.29, 0.717) is 0 Å². The first-order valence-corrected chi connectivity index (χ1v) is 6.48. The van der Waals surface area contributed by atoms with Crippen molar-refractivity contribution in [2.75, 3.05) is 18.5 Å². The zero-order valence-corrected chi connectivity index (χ0v) is 12.4. The van der Waals surface area contributed by atoms with Gasteiger partial charge in [-0.2, -0.15) is 0 Å². The van der Waals surface area contributed by atoms with Crippen molar-refractivity contribution in [1.82, 2.24) is 0 Å². The number of hydrogen-bond donors (Lipinski definition) is 3. The number of nitrogens with zero attached hydrogens (tertiary/aromatic N) is 1. The number of nitrogens with one attached hydrogen (secondary N) is 1. The molecule has 0 amide bonds. The minimum atomic E-state index is -5.02. The molecule has 0 aliphatic rings. The van der Waals surface area contributed by atoms with Gasteiger partial charge in [-0.05, 0) is 28.7 Å². The summed E-state index contributed by atoms with van der Waals surface area (Å²) < 4.78 is 40.9. The third-order valence-electron chi connectivity index (χ3n) is 2.19. The highest BCUT2D eigenvalue weighted by Gasteiger charge is 2.34. The fourth-order valence-electron chi connectivity index (χ4n) is 1.38. The van der Waals surface area contributed by atoms with Gasteiger partial charge in [0.05, 0.1) is 17.6 Å². The summed E-state index contributed by atoms with van der Waals surface area (Å²) in [7, 11) is 0. The van der Waals surface area contributed by atoms with Gasteiger partial charge in [0.2, 0.25) is 0 Å². The molecule has 1 aromatic rings. The Balaban J connectivity index is 3.22. The fraction of sp³-hybridized carbons (Fsp3) is 0.400. The molecule has 11 heteroatoms. The summed E-state index contributed by atoms with van der Waals surface area (Å²) in [5, 5.41) is 31.0. The van der Waals surface area contributed by atoms with E-state index in [1.807, 2.05) is 0 Å². The van der Waals surface area contributed by atoms with Crippen LogP contribution in [0.4, 0.5) is 24.5 Å². The minimum Gasteiger partial charge on any atom is -0.403 e. The lowest BCUT2D eigenvalue weighted by Crippen LogP contribution is -2.24. The molecule has 21 heavy (non-hydrogen) atoms. The molecule has 0 aliphatic carbocycles. The Morgan fingerprint density at radius 2 is 2.10 bits per heavy atom. The normalized spacial score (nSPS) is 12.9. The maximum Gasteiger partial charge on any atom is 0.573 e. The number of aliphatic hydroxyl groups excluding tert-OH is 2. The predicted molar refractivity (Wildman–Crippen MR) is 74.1 cm³/mol. The second-order valence-electron chi connectivity index (χ2n) is 3.82. The van der Waals surface area contributed by atoms with E-state index < -0.39 is 41.1 Å². The highest BCUT2D eigenvalue weighted by Crippen LogP contribution is 2.39. The third-order valence-corrected chi connectivity index (χ3v) is 2.82. The van der Waals surface area contributed by atoms with Crippen molar-refractivity contribution in [3.8, 4) is 5.75 Å². The van der Waals surface area contributed by atoms with Crippen molar-refractivity contribution in [3.05, 3.63) is 25.8 Å². The molecule has 3 N–H and O–H groups in total. The molecule has 1 aromatic carbocycles. The van der Waals surface area contributed by atoms with Crippen molar-refractivity contribution in [3.63, 3.8) is 0 Å². The molecule has 0 aromatic heterocycles. The van der Waals surface area contributed by atoms with Crippen LogP contribution in [-0.4, -0.2) is 40.8 Å². The number of benzene rings is 1. The maximum atomic E-state index is 12.3. The first kappa shape index (κ1) is 17.7. The van der Waals surface area contributed by atoms with Gasteiger partial charge in [-0.3, -0.25) is 10.1 Å². The number of hydrogen-bond acceptors (Lipinski definition) is 6. The van der Waals surface area contributed by atoms with Crippen molar-refractivity contribution >= 4 is 34.0 Å². The third kappa shape index (κ3) is 5.51. The smallest absolute Gasteiger partial charge is 0.403 e. The van der Waals surface area contributed by atoms with Crippen molar-refractivity contribution < 1.29 is 33.0 Å². The van der Waals surface area contributed by atoms with Gasteiger partial charge in [0.25, 0.3) is 5.69 Å². The first-order valence-electron chi connectivity index (χ1n) is 5.40. The van der Waals surface area contributed by atoms with Gasteiger partial charge >= 0.3 is 6.36 Å². The number of anilines is 1. The van der Waals surface area contributed by atoms with E-state index in [1.54, 1.807) is 22.6 Å². The van der Waals surface area contributed by atoms with E-state index in [4.69, 9.17) is 5.11 Å². The SMILES string of the molecule is O=[N+]([O-])c1cc(I)cc(OC(F)(F)F)c1NCC(O)CO. The Labute approximate surface area is 130 Å². The van der Waals surface area contributed by atoms with Crippen LogP contribution in [0.2, 0.25) is 0 Å². The maximum absolute atomic E-state index is 12.3. The Kier molecular flexibility index (Phi) is 5.98. The molecule has 7 nitrogen and oxygen atoms in total. The van der Waals surface area contributed by atoms with Gasteiger partial charge in [-0.1, -0.05) is 0 Å². The Morgan fingerprint density at radius 3 is 2.57 bits per heavy atom. The summed E-state index contributed by atoms with van der Waals surface area (Å²) in [6.07, 6.45) is -6.31. The Bertz CT molecular complexity index is 526. The average molecular weight is 422 g/mol. The highest BCUT2D eigenvalue weighted by atomic mass is 127. The molecule has 0 saturated heterocycles. The molecule has 1 atom stereocenters. The quantitative estimate of drug-likeness (QED) is 0.368. The average Bonchev–Trinajstić information content (AvgIpc) is 2.34. The fourth-order valence-corrected chi connectivity index (χ4v) is 1.96. The minimum absolute atomic E-state index is 0.173. The van der Waals surface area contributed by atoms with E-state index in [2.05, 4.69) is 10.1 Å². The largest absolute Gasteiger partial charge is 0.573 e. The molecule has 0 radical (unpaired) electrons. The summed E-state index contributed by atoms with van der Waals surface area (Å²) in [4.78, 5) is 10.0. The number of rotatable bonds is 6. The van der Waals surface area contributed by atoms with Crippen molar-refractivity contribution in [2.24, 2.45) is 0 Å². The number of alkyl halides is 3. The molecular formula is C10H10F3IN2O5. The highest BCUT2D eigenvalue weighted by molar-refractivity contribution is 14.1. The lowest BCUT2D eigenvalue weighted by atomic mass is 10.2. The Hall–Kier alpha value is -1.34. The van der Waals surface area contributed by atoms with Gasteiger partial charge < -0.3 is 20.3 Å². The molecule has 0 spiro atoms.